The highest BCUT2D eigenvalue weighted by molar-refractivity contribution is 5.90. The van der Waals surface area contributed by atoms with Crippen LogP contribution in [-0.4, -0.2) is 266 Å². The van der Waals surface area contributed by atoms with E-state index in [2.05, 4.69) is 37.8 Å². The van der Waals surface area contributed by atoms with Crippen LogP contribution in [0.3, 0.4) is 0 Å². The predicted octanol–water partition coefficient (Wildman–Crippen LogP) is -1.57. The monoisotopic (exact) mass is 1230 g/mol. The van der Waals surface area contributed by atoms with Gasteiger partial charge >= 0.3 is 47.8 Å². The largest absolute Gasteiger partial charge is 0.512 e. The molecule has 0 aromatic carbocycles. The first-order valence-corrected chi connectivity index (χ1v) is 28.7. The molecule has 33 heteroatoms. The molecule has 3 heterocycles. The van der Waals surface area contributed by atoms with Gasteiger partial charge in [0.1, 0.15) is 42.6 Å². The second-order valence-corrected chi connectivity index (χ2v) is 21.3. The smallest absolute Gasteiger partial charge is 0.326 e. The van der Waals surface area contributed by atoms with Crippen molar-refractivity contribution in [2.45, 2.75) is 121 Å². The van der Waals surface area contributed by atoms with Crippen LogP contribution in [0.5, 0.6) is 0 Å². The number of imidazole rings is 2. The highest BCUT2D eigenvalue weighted by atomic mass is 16.4. The number of aliphatic hydroxyl groups excluding tert-OH is 1. The molecule has 1 aliphatic heterocycles. The summed E-state index contributed by atoms with van der Waals surface area (Å²) in [6.07, 6.45) is 7.02. The number of hydrogen-bond acceptors (Lipinski definition) is 20. The van der Waals surface area contributed by atoms with E-state index in [9.17, 15) is 88.5 Å². The van der Waals surface area contributed by atoms with Crippen LogP contribution in [0.4, 0.5) is 4.79 Å². The Labute approximate surface area is 502 Å². The summed E-state index contributed by atoms with van der Waals surface area (Å²) in [6.45, 7) is 5.87. The quantitative estimate of drug-likeness (QED) is 0.0264. The number of ketones is 1. The molecule has 0 aliphatic carbocycles. The number of rotatable bonds is 42. The van der Waals surface area contributed by atoms with E-state index in [-0.39, 0.29) is 135 Å². The maximum Gasteiger partial charge on any atom is 0.326 e. The van der Waals surface area contributed by atoms with Gasteiger partial charge in [0, 0.05) is 109 Å². The minimum atomic E-state index is -1.60. The maximum absolute atomic E-state index is 13.9. The summed E-state index contributed by atoms with van der Waals surface area (Å²) in [5.74, 6) is -9.85. The molecule has 0 radical (unpaired) electrons. The van der Waals surface area contributed by atoms with E-state index in [4.69, 9.17) is 10.8 Å². The lowest BCUT2D eigenvalue weighted by Crippen LogP contribution is -2.51. The van der Waals surface area contributed by atoms with Crippen molar-refractivity contribution in [1.82, 2.24) is 64.9 Å². The standard InChI is InChI=1S/C54H86N14O19/c1-37(69)29-62-20-22-63(23-25-65(34-48(76)77)27-26-64(24-21-62)33-47(74)75)32-45(71)58-13-5-2-9-39(55)42(70)28-38(51(82)59-14-6-3-10-40(52(83)84)60-54(87)61-41(53(85)86)11-12-46(72)73)8-4-7-17-66(30-43-56-15-18-67(43)35-49(78)79)31-44-57-16-19-68(44)36-50(80)81/h15-16,18-19,38-41,69H,1-14,17,20-36,55H2,(H,58,71)(H,59,82)(H,72,73)(H,74,75)(H,76,77)(H,78,79)(H,80,81)(H,83,84)(H,85,86)(H2,60,61,87)/t38-,39?,40-,41-/m0/s1. The Morgan fingerprint density at radius 1 is 0.529 bits per heavy atom. The van der Waals surface area contributed by atoms with Crippen molar-refractivity contribution < 1.29 is 93.6 Å². The van der Waals surface area contributed by atoms with Crippen molar-refractivity contribution in [2.24, 2.45) is 11.7 Å². The molecule has 33 nitrogen and oxygen atoms in total. The number of aliphatic hydroxyl groups is 1. The van der Waals surface area contributed by atoms with Crippen molar-refractivity contribution in [3.8, 4) is 0 Å². The highest BCUT2D eigenvalue weighted by Crippen LogP contribution is 2.19. The number of carbonyl (C=O) groups is 11. The molecule has 4 atom stereocenters. The normalized spacial score (nSPS) is 15.4. The molecule has 0 bridgehead atoms. The van der Waals surface area contributed by atoms with Crippen molar-refractivity contribution in [3.05, 3.63) is 48.8 Å². The minimum Gasteiger partial charge on any atom is -0.512 e. The third-order valence-corrected chi connectivity index (χ3v) is 14.2. The van der Waals surface area contributed by atoms with Gasteiger partial charge in [0.2, 0.25) is 11.8 Å². The number of nitrogens with zero attached hydrogens (tertiary/aromatic N) is 9. The van der Waals surface area contributed by atoms with Gasteiger partial charge < -0.3 is 77.0 Å². The van der Waals surface area contributed by atoms with Crippen molar-refractivity contribution in [1.29, 1.82) is 0 Å². The molecule has 1 aliphatic rings. The molecule has 1 unspecified atom stereocenters. The molecule has 2 aromatic heterocycles. The van der Waals surface area contributed by atoms with E-state index >= 15 is 0 Å². The molecule has 0 saturated carbocycles. The van der Waals surface area contributed by atoms with Gasteiger partial charge in [-0.15, -0.1) is 0 Å². The van der Waals surface area contributed by atoms with Gasteiger partial charge in [-0.05, 0) is 64.3 Å². The number of aromatic nitrogens is 4. The van der Waals surface area contributed by atoms with Gasteiger partial charge in [-0.3, -0.25) is 62.9 Å². The number of carboxylic acid groups (broad SMARTS) is 7. The Kier molecular flexibility index (Phi) is 33.3. The van der Waals surface area contributed by atoms with Crippen LogP contribution in [0, 0.1) is 5.92 Å². The minimum absolute atomic E-state index is 0.0319. The average molecular weight is 1240 g/mol. The fourth-order valence-corrected chi connectivity index (χ4v) is 9.58. The summed E-state index contributed by atoms with van der Waals surface area (Å²) in [5, 5.41) is 85.9. The van der Waals surface area contributed by atoms with Crippen LogP contribution in [0.2, 0.25) is 0 Å². The number of Topliss-reactive ketones (excluding diaryl/α,β-unsaturated/α-hetero) is 1. The fourth-order valence-electron chi connectivity index (χ4n) is 9.58. The van der Waals surface area contributed by atoms with Crippen LogP contribution in [0.25, 0.3) is 0 Å². The van der Waals surface area contributed by atoms with Crippen LogP contribution < -0.4 is 27.0 Å². The average Bonchev–Trinajstić information content (AvgIpc) is 4.14. The number of unbranched alkanes of at least 4 members (excludes halogenated alkanes) is 3. The van der Waals surface area contributed by atoms with Crippen LogP contribution >= 0.6 is 0 Å². The summed E-state index contributed by atoms with van der Waals surface area (Å²) >= 11 is 0. The Bertz CT molecular complexity index is 2510. The van der Waals surface area contributed by atoms with Crippen LogP contribution in [0.15, 0.2) is 37.1 Å². The number of aliphatic carboxylic acids is 7. The summed E-state index contributed by atoms with van der Waals surface area (Å²) in [7, 11) is 0. The van der Waals surface area contributed by atoms with Crippen molar-refractivity contribution >= 4 is 65.4 Å². The molecule has 2 aromatic rings. The number of hydrogen-bond donors (Lipinski definition) is 13. The number of carbonyl (C=O) groups excluding carboxylic acids is 4. The second-order valence-electron chi connectivity index (χ2n) is 21.3. The Hall–Kier alpha value is -8.11. The first kappa shape index (κ1) is 73.1. The molecular formula is C54H86N14O19. The van der Waals surface area contributed by atoms with Gasteiger partial charge in [0.25, 0.3) is 0 Å². The van der Waals surface area contributed by atoms with E-state index < -0.39 is 96.4 Å². The molecule has 486 valence electrons. The van der Waals surface area contributed by atoms with E-state index in [1.165, 1.54) is 33.9 Å². The lowest BCUT2D eigenvalue weighted by Gasteiger charge is -2.33. The molecule has 1 saturated heterocycles. The zero-order valence-corrected chi connectivity index (χ0v) is 48.9. The van der Waals surface area contributed by atoms with Crippen molar-refractivity contribution in [3.63, 3.8) is 0 Å². The molecular weight excluding hydrogens is 1150 g/mol. The fraction of sp³-hybridized carbons (Fsp3) is 0.648. The van der Waals surface area contributed by atoms with E-state index in [0.29, 0.717) is 76.6 Å². The molecule has 3 rings (SSSR count). The van der Waals surface area contributed by atoms with Crippen LogP contribution in [0.1, 0.15) is 88.7 Å². The van der Waals surface area contributed by atoms with Gasteiger partial charge in [0.15, 0.2) is 0 Å². The Balaban J connectivity index is 1.66. The topological polar surface area (TPSA) is 476 Å². The van der Waals surface area contributed by atoms with E-state index in [1.54, 1.807) is 9.80 Å². The van der Waals surface area contributed by atoms with E-state index in [0.717, 1.165) is 0 Å². The summed E-state index contributed by atoms with van der Waals surface area (Å²) in [6, 6.07) is -5.19. The number of nitrogens with one attached hydrogen (secondary N) is 4. The van der Waals surface area contributed by atoms with E-state index in [1.807, 2.05) is 14.7 Å². The number of carboxylic acids is 7. The lowest BCUT2D eigenvalue weighted by molar-refractivity contribution is -0.141. The SMILES string of the molecule is C=C(O)CN1CCN(CC(=O)O)CCN(CC(=O)O)CCN(CC(=O)NCCCCC(N)C(=O)C[C@H](CCCCN(Cc2nccn2CC(=O)O)Cc2nccn2CC(=O)O)C(=O)NCCCC[C@H](NC(=O)N[C@@H](CCC(=O)O)C(=O)O)C(=O)O)CC1. The number of amides is 4. The molecule has 4 amide bonds. The van der Waals surface area contributed by atoms with Gasteiger partial charge in [-0.2, -0.15) is 0 Å². The Morgan fingerprint density at radius 2 is 0.966 bits per heavy atom. The van der Waals surface area contributed by atoms with Gasteiger partial charge in [0.05, 0.1) is 51.1 Å². The lowest BCUT2D eigenvalue weighted by atomic mass is 9.91. The third kappa shape index (κ3) is 31.2. The summed E-state index contributed by atoms with van der Waals surface area (Å²) in [5.41, 5.74) is 6.42. The molecule has 0 spiro atoms. The van der Waals surface area contributed by atoms with Crippen LogP contribution in [-0.2, 0) is 74.1 Å². The second kappa shape index (κ2) is 39.6. The zero-order chi connectivity index (χ0) is 64.4. The molecule has 87 heavy (non-hydrogen) atoms. The van der Waals surface area contributed by atoms with Gasteiger partial charge in [-0.1, -0.05) is 13.0 Å². The molecule has 14 N–H and O–H groups in total. The Morgan fingerprint density at radius 3 is 1.43 bits per heavy atom. The van der Waals surface area contributed by atoms with Gasteiger partial charge in [-0.25, -0.2) is 24.4 Å². The zero-order valence-electron chi connectivity index (χ0n) is 48.9. The predicted molar refractivity (Wildman–Crippen MR) is 307 cm³/mol. The number of urea groups is 1. The maximum atomic E-state index is 13.9. The summed E-state index contributed by atoms with van der Waals surface area (Å²) in [4.78, 5) is 152. The van der Waals surface area contributed by atoms with Crippen molar-refractivity contribution in [2.75, 3.05) is 98.2 Å². The summed E-state index contributed by atoms with van der Waals surface area (Å²) < 4.78 is 2.92. The third-order valence-electron chi connectivity index (χ3n) is 14.2. The molecule has 1 fully saturated rings. The highest BCUT2D eigenvalue weighted by Gasteiger charge is 2.28. The number of nitrogens with two attached hydrogens (primary N) is 1. The first-order valence-electron chi connectivity index (χ1n) is 28.7. The first-order chi connectivity index (χ1) is 41.3.